The Hall–Kier alpha value is -1.55. The maximum absolute atomic E-state index is 12.2. The van der Waals surface area contributed by atoms with Crippen LogP contribution in [0.1, 0.15) is 12.0 Å². The van der Waals surface area contributed by atoms with Crippen LogP contribution in [0.5, 0.6) is 0 Å². The number of amides is 2. The number of rotatable bonds is 1. The van der Waals surface area contributed by atoms with Crippen LogP contribution >= 0.6 is 0 Å². The van der Waals surface area contributed by atoms with Gasteiger partial charge in [0.15, 0.2) is 0 Å². The van der Waals surface area contributed by atoms with E-state index in [1.165, 1.54) is 0 Å². The van der Waals surface area contributed by atoms with Crippen LogP contribution in [-0.4, -0.2) is 49.1 Å². The van der Waals surface area contributed by atoms with Crippen molar-refractivity contribution < 1.29 is 4.79 Å². The summed E-state index contributed by atoms with van der Waals surface area (Å²) in [6, 6.07) is 7.88. The second-order valence-electron chi connectivity index (χ2n) is 4.89. The van der Waals surface area contributed by atoms with Gasteiger partial charge in [-0.2, -0.15) is 0 Å². The molecular formula is C14H21N3O. The lowest BCUT2D eigenvalue weighted by Crippen LogP contribution is -2.37. The monoisotopic (exact) mass is 247 g/mol. The molecule has 0 atom stereocenters. The Labute approximate surface area is 109 Å². The highest BCUT2D eigenvalue weighted by Crippen LogP contribution is 2.14. The number of aryl methyl sites for hydroxylation is 1. The van der Waals surface area contributed by atoms with Crippen molar-refractivity contribution in [2.45, 2.75) is 13.3 Å². The molecular weight excluding hydrogens is 226 g/mol. The molecule has 1 aromatic carbocycles. The molecule has 0 bridgehead atoms. The number of hydrogen-bond acceptors (Lipinski definition) is 2. The number of likely N-dealkylation sites (N-methyl/N-ethyl adjacent to an activating group) is 1. The predicted octanol–water partition coefficient (Wildman–Crippen LogP) is 2.16. The average molecular weight is 247 g/mol. The summed E-state index contributed by atoms with van der Waals surface area (Å²) in [5.74, 6) is 0. The Balaban J connectivity index is 1.97. The highest BCUT2D eigenvalue weighted by atomic mass is 16.2. The number of nitrogens with one attached hydrogen (secondary N) is 1. The summed E-state index contributed by atoms with van der Waals surface area (Å²) in [4.78, 5) is 16.3. The van der Waals surface area contributed by atoms with Gasteiger partial charge in [-0.25, -0.2) is 4.79 Å². The topological polar surface area (TPSA) is 35.6 Å². The Morgan fingerprint density at radius 2 is 1.94 bits per heavy atom. The number of benzene rings is 1. The van der Waals surface area contributed by atoms with Crippen molar-refractivity contribution in [2.24, 2.45) is 0 Å². The standard InChI is InChI=1S/C14H21N3O/c1-12-6-3-4-7-13(12)15-14(18)17-9-5-8-16(2)10-11-17/h3-4,6-7H,5,8-11H2,1-2H3,(H,15,18). The first-order valence-electron chi connectivity index (χ1n) is 6.47. The van der Waals surface area contributed by atoms with E-state index in [9.17, 15) is 4.79 Å². The molecule has 0 saturated carbocycles. The third kappa shape index (κ3) is 3.23. The van der Waals surface area contributed by atoms with Crippen LogP contribution in [0.25, 0.3) is 0 Å². The van der Waals surface area contributed by atoms with Crippen LogP contribution < -0.4 is 5.32 Å². The molecule has 0 radical (unpaired) electrons. The Bertz CT molecular complexity index is 419. The minimum atomic E-state index is 0.0135. The summed E-state index contributed by atoms with van der Waals surface area (Å²) in [7, 11) is 2.10. The van der Waals surface area contributed by atoms with E-state index in [0.29, 0.717) is 0 Å². The number of carbonyl (C=O) groups excluding carboxylic acids is 1. The van der Waals surface area contributed by atoms with Gasteiger partial charge in [0.1, 0.15) is 0 Å². The molecule has 4 nitrogen and oxygen atoms in total. The maximum Gasteiger partial charge on any atom is 0.321 e. The first-order valence-corrected chi connectivity index (χ1v) is 6.47. The minimum absolute atomic E-state index is 0.0135. The lowest BCUT2D eigenvalue weighted by Gasteiger charge is -2.21. The molecule has 0 aromatic heterocycles. The van der Waals surface area contributed by atoms with Crippen molar-refractivity contribution in [1.29, 1.82) is 0 Å². The quantitative estimate of drug-likeness (QED) is 0.825. The Morgan fingerprint density at radius 3 is 2.72 bits per heavy atom. The third-order valence-corrected chi connectivity index (χ3v) is 3.39. The Morgan fingerprint density at radius 1 is 1.17 bits per heavy atom. The fraction of sp³-hybridized carbons (Fsp3) is 0.500. The molecule has 98 valence electrons. The van der Waals surface area contributed by atoms with Gasteiger partial charge < -0.3 is 15.1 Å². The van der Waals surface area contributed by atoms with Gasteiger partial charge in [0, 0.05) is 25.3 Å². The van der Waals surface area contributed by atoms with E-state index in [-0.39, 0.29) is 6.03 Å². The number of urea groups is 1. The van der Waals surface area contributed by atoms with Gasteiger partial charge in [0.25, 0.3) is 0 Å². The van der Waals surface area contributed by atoms with E-state index >= 15 is 0 Å². The fourth-order valence-electron chi connectivity index (χ4n) is 2.16. The zero-order chi connectivity index (χ0) is 13.0. The molecule has 1 aliphatic rings. The van der Waals surface area contributed by atoms with Crippen molar-refractivity contribution in [3.8, 4) is 0 Å². The highest BCUT2D eigenvalue weighted by molar-refractivity contribution is 5.90. The zero-order valence-electron chi connectivity index (χ0n) is 11.1. The van der Waals surface area contributed by atoms with Gasteiger partial charge >= 0.3 is 6.03 Å². The first-order chi connectivity index (χ1) is 8.66. The molecule has 1 saturated heterocycles. The Kier molecular flexibility index (Phi) is 4.20. The van der Waals surface area contributed by atoms with Gasteiger partial charge in [-0.05, 0) is 38.6 Å². The smallest absolute Gasteiger partial charge is 0.321 e. The van der Waals surface area contributed by atoms with Gasteiger partial charge in [-0.3, -0.25) is 0 Å². The molecule has 1 N–H and O–H groups in total. The molecule has 0 unspecified atom stereocenters. The largest absolute Gasteiger partial charge is 0.323 e. The van der Waals surface area contributed by atoms with Gasteiger partial charge in [-0.15, -0.1) is 0 Å². The fourth-order valence-corrected chi connectivity index (χ4v) is 2.16. The molecule has 1 fully saturated rings. The number of hydrogen-bond donors (Lipinski definition) is 1. The summed E-state index contributed by atoms with van der Waals surface area (Å²) in [6.45, 7) is 5.65. The van der Waals surface area contributed by atoms with Crippen LogP contribution in [0.15, 0.2) is 24.3 Å². The average Bonchev–Trinajstić information content (AvgIpc) is 2.57. The molecule has 2 amide bonds. The van der Waals surface area contributed by atoms with Crippen molar-refractivity contribution in [1.82, 2.24) is 9.80 Å². The lowest BCUT2D eigenvalue weighted by molar-refractivity contribution is 0.213. The van der Waals surface area contributed by atoms with Crippen molar-refractivity contribution >= 4 is 11.7 Å². The van der Waals surface area contributed by atoms with E-state index in [4.69, 9.17) is 0 Å². The third-order valence-electron chi connectivity index (χ3n) is 3.39. The summed E-state index contributed by atoms with van der Waals surface area (Å²) in [5.41, 5.74) is 2.00. The SMILES string of the molecule is Cc1ccccc1NC(=O)N1CCCN(C)CC1. The van der Waals surface area contributed by atoms with Crippen LogP contribution in [-0.2, 0) is 0 Å². The summed E-state index contributed by atoms with van der Waals surface area (Å²) < 4.78 is 0. The van der Waals surface area contributed by atoms with Crippen LogP contribution in [0, 0.1) is 6.92 Å². The molecule has 1 aliphatic heterocycles. The van der Waals surface area contributed by atoms with E-state index in [1.54, 1.807) is 0 Å². The first kappa shape index (κ1) is 12.9. The molecule has 18 heavy (non-hydrogen) atoms. The van der Waals surface area contributed by atoms with Crippen LogP contribution in [0.2, 0.25) is 0 Å². The van der Waals surface area contributed by atoms with Crippen LogP contribution in [0.4, 0.5) is 10.5 Å². The summed E-state index contributed by atoms with van der Waals surface area (Å²) in [5, 5.41) is 2.99. The van der Waals surface area contributed by atoms with E-state index in [1.807, 2.05) is 36.1 Å². The summed E-state index contributed by atoms with van der Waals surface area (Å²) in [6.07, 6.45) is 1.04. The minimum Gasteiger partial charge on any atom is -0.323 e. The van der Waals surface area contributed by atoms with Crippen molar-refractivity contribution in [2.75, 3.05) is 38.5 Å². The second kappa shape index (κ2) is 5.87. The van der Waals surface area contributed by atoms with E-state index < -0.39 is 0 Å². The number of anilines is 1. The summed E-state index contributed by atoms with van der Waals surface area (Å²) >= 11 is 0. The lowest BCUT2D eigenvalue weighted by atomic mass is 10.2. The second-order valence-corrected chi connectivity index (χ2v) is 4.89. The normalized spacial score (nSPS) is 17.3. The molecule has 4 heteroatoms. The molecule has 2 rings (SSSR count). The molecule has 0 aliphatic carbocycles. The predicted molar refractivity (Wildman–Crippen MR) is 73.9 cm³/mol. The maximum atomic E-state index is 12.2. The van der Waals surface area contributed by atoms with E-state index in [0.717, 1.165) is 43.9 Å². The number of nitrogens with zero attached hydrogens (tertiary/aromatic N) is 2. The zero-order valence-corrected chi connectivity index (χ0v) is 11.1. The molecule has 0 spiro atoms. The highest BCUT2D eigenvalue weighted by Gasteiger charge is 2.17. The van der Waals surface area contributed by atoms with Crippen molar-refractivity contribution in [3.63, 3.8) is 0 Å². The van der Waals surface area contributed by atoms with E-state index in [2.05, 4.69) is 17.3 Å². The van der Waals surface area contributed by atoms with Crippen molar-refractivity contribution in [3.05, 3.63) is 29.8 Å². The van der Waals surface area contributed by atoms with Gasteiger partial charge in [-0.1, -0.05) is 18.2 Å². The molecule has 1 aromatic rings. The van der Waals surface area contributed by atoms with Crippen LogP contribution in [0.3, 0.4) is 0 Å². The number of para-hydroxylation sites is 1. The molecule has 1 heterocycles. The number of carbonyl (C=O) groups is 1. The van der Waals surface area contributed by atoms with Gasteiger partial charge in [0.2, 0.25) is 0 Å². The van der Waals surface area contributed by atoms with Gasteiger partial charge in [0.05, 0.1) is 0 Å².